The standard InChI is InChI=1S/C17H19FN4O/c1-12-15(13(2)23-20-12)11-21-6-8-22(9-7-21)17-5-3-4-16(18)14(17)10-19/h3-5H,6-9,11H2,1-2H3. The van der Waals surface area contributed by atoms with Gasteiger partial charge in [-0.25, -0.2) is 4.39 Å². The van der Waals surface area contributed by atoms with E-state index >= 15 is 0 Å². The highest BCUT2D eigenvalue weighted by molar-refractivity contribution is 5.60. The van der Waals surface area contributed by atoms with Crippen LogP contribution in [-0.2, 0) is 6.54 Å². The maximum atomic E-state index is 13.7. The fourth-order valence-corrected chi connectivity index (χ4v) is 2.99. The lowest BCUT2D eigenvalue weighted by Crippen LogP contribution is -2.46. The van der Waals surface area contributed by atoms with Gasteiger partial charge in [0.25, 0.3) is 0 Å². The first-order chi connectivity index (χ1) is 11.1. The Hall–Kier alpha value is -2.39. The summed E-state index contributed by atoms with van der Waals surface area (Å²) in [4.78, 5) is 4.40. The summed E-state index contributed by atoms with van der Waals surface area (Å²) in [5, 5.41) is 13.2. The first-order valence-electron chi connectivity index (χ1n) is 7.68. The molecule has 0 spiro atoms. The van der Waals surface area contributed by atoms with Crippen LogP contribution in [0.2, 0.25) is 0 Å². The molecule has 0 radical (unpaired) electrons. The van der Waals surface area contributed by atoms with Gasteiger partial charge in [0.15, 0.2) is 0 Å². The van der Waals surface area contributed by atoms with E-state index in [9.17, 15) is 4.39 Å². The van der Waals surface area contributed by atoms with Crippen molar-refractivity contribution in [1.82, 2.24) is 10.1 Å². The summed E-state index contributed by atoms with van der Waals surface area (Å²) in [5.41, 5.74) is 2.89. The molecular formula is C17H19FN4O. The number of halogens is 1. The van der Waals surface area contributed by atoms with Crippen molar-refractivity contribution in [1.29, 1.82) is 5.26 Å². The summed E-state index contributed by atoms with van der Waals surface area (Å²) in [7, 11) is 0. The number of hydrogen-bond donors (Lipinski definition) is 0. The van der Waals surface area contributed by atoms with Gasteiger partial charge < -0.3 is 9.42 Å². The largest absolute Gasteiger partial charge is 0.368 e. The molecule has 2 heterocycles. The zero-order valence-corrected chi connectivity index (χ0v) is 13.3. The van der Waals surface area contributed by atoms with Gasteiger partial charge in [-0.3, -0.25) is 4.90 Å². The minimum absolute atomic E-state index is 0.131. The molecule has 0 saturated carbocycles. The molecule has 3 rings (SSSR count). The molecule has 0 atom stereocenters. The van der Waals surface area contributed by atoms with Crippen molar-refractivity contribution in [2.24, 2.45) is 0 Å². The molecule has 1 aromatic carbocycles. The lowest BCUT2D eigenvalue weighted by Gasteiger charge is -2.36. The molecule has 1 aromatic heterocycles. The number of hydrogen-bond acceptors (Lipinski definition) is 5. The molecule has 120 valence electrons. The lowest BCUT2D eigenvalue weighted by molar-refractivity contribution is 0.248. The SMILES string of the molecule is Cc1noc(C)c1CN1CCN(c2cccc(F)c2C#N)CC1. The summed E-state index contributed by atoms with van der Waals surface area (Å²) < 4.78 is 19.0. The van der Waals surface area contributed by atoms with E-state index in [1.807, 2.05) is 26.0 Å². The topological polar surface area (TPSA) is 56.3 Å². The Kier molecular flexibility index (Phi) is 4.30. The monoisotopic (exact) mass is 314 g/mol. The normalized spacial score (nSPS) is 15.7. The number of rotatable bonds is 3. The number of piperazine rings is 1. The first kappa shape index (κ1) is 15.5. The summed E-state index contributed by atoms with van der Waals surface area (Å²) in [6.07, 6.45) is 0. The molecule has 0 unspecified atom stereocenters. The van der Waals surface area contributed by atoms with E-state index in [4.69, 9.17) is 9.78 Å². The van der Waals surface area contributed by atoms with Gasteiger partial charge in [-0.2, -0.15) is 5.26 Å². The van der Waals surface area contributed by atoms with Gasteiger partial charge in [-0.1, -0.05) is 11.2 Å². The summed E-state index contributed by atoms with van der Waals surface area (Å²) in [6.45, 7) is 7.93. The zero-order valence-electron chi connectivity index (χ0n) is 13.3. The van der Waals surface area contributed by atoms with Gasteiger partial charge in [0.05, 0.1) is 11.4 Å². The molecular weight excluding hydrogens is 295 g/mol. The van der Waals surface area contributed by atoms with Crippen LogP contribution in [0.25, 0.3) is 0 Å². The highest BCUT2D eigenvalue weighted by atomic mass is 19.1. The lowest BCUT2D eigenvalue weighted by atomic mass is 10.1. The van der Waals surface area contributed by atoms with Crippen LogP contribution in [0.4, 0.5) is 10.1 Å². The van der Waals surface area contributed by atoms with Gasteiger partial charge >= 0.3 is 0 Å². The third kappa shape index (κ3) is 3.06. The zero-order chi connectivity index (χ0) is 16.4. The van der Waals surface area contributed by atoms with Crippen LogP contribution in [-0.4, -0.2) is 36.2 Å². The predicted molar refractivity (Wildman–Crippen MR) is 84.6 cm³/mol. The third-order valence-electron chi connectivity index (χ3n) is 4.38. The summed E-state index contributed by atoms with van der Waals surface area (Å²) in [5.74, 6) is 0.407. The van der Waals surface area contributed by atoms with Crippen molar-refractivity contribution >= 4 is 5.69 Å². The fraction of sp³-hybridized carbons (Fsp3) is 0.412. The fourth-order valence-electron chi connectivity index (χ4n) is 2.99. The highest BCUT2D eigenvalue weighted by Crippen LogP contribution is 2.24. The Morgan fingerprint density at radius 2 is 2.00 bits per heavy atom. The van der Waals surface area contributed by atoms with Gasteiger partial charge in [0, 0.05) is 38.3 Å². The van der Waals surface area contributed by atoms with Crippen LogP contribution >= 0.6 is 0 Å². The average molecular weight is 314 g/mol. The molecule has 23 heavy (non-hydrogen) atoms. The maximum absolute atomic E-state index is 13.7. The van der Waals surface area contributed by atoms with E-state index in [1.54, 1.807) is 6.07 Å². The number of aryl methyl sites for hydroxylation is 2. The van der Waals surface area contributed by atoms with E-state index in [2.05, 4.69) is 15.0 Å². The maximum Gasteiger partial charge on any atom is 0.143 e. The van der Waals surface area contributed by atoms with Crippen LogP contribution in [0.3, 0.4) is 0 Å². The minimum atomic E-state index is -0.455. The van der Waals surface area contributed by atoms with E-state index in [1.165, 1.54) is 6.07 Å². The van der Waals surface area contributed by atoms with Crippen molar-refractivity contribution in [2.45, 2.75) is 20.4 Å². The first-order valence-corrected chi connectivity index (χ1v) is 7.68. The van der Waals surface area contributed by atoms with E-state index in [-0.39, 0.29) is 5.56 Å². The van der Waals surface area contributed by atoms with Crippen molar-refractivity contribution < 1.29 is 8.91 Å². The molecule has 5 nitrogen and oxygen atoms in total. The van der Waals surface area contributed by atoms with Gasteiger partial charge in [0.2, 0.25) is 0 Å². The molecule has 0 amide bonds. The van der Waals surface area contributed by atoms with Crippen LogP contribution in [0.15, 0.2) is 22.7 Å². The number of nitrogens with zero attached hydrogens (tertiary/aromatic N) is 4. The van der Waals surface area contributed by atoms with E-state index in [0.717, 1.165) is 49.7 Å². The van der Waals surface area contributed by atoms with Crippen molar-refractivity contribution in [3.05, 3.63) is 46.6 Å². The van der Waals surface area contributed by atoms with Gasteiger partial charge in [-0.15, -0.1) is 0 Å². The van der Waals surface area contributed by atoms with Crippen LogP contribution in [0.5, 0.6) is 0 Å². The number of nitriles is 1. The Morgan fingerprint density at radius 1 is 1.26 bits per heavy atom. The Morgan fingerprint density at radius 3 is 2.61 bits per heavy atom. The Balaban J connectivity index is 1.68. The number of anilines is 1. The second kappa shape index (κ2) is 6.39. The smallest absolute Gasteiger partial charge is 0.143 e. The molecule has 1 fully saturated rings. The quantitative estimate of drug-likeness (QED) is 0.871. The second-order valence-corrected chi connectivity index (χ2v) is 5.81. The molecule has 1 aliphatic rings. The van der Waals surface area contributed by atoms with Crippen LogP contribution in [0.1, 0.15) is 22.6 Å². The molecule has 1 saturated heterocycles. The second-order valence-electron chi connectivity index (χ2n) is 5.81. The van der Waals surface area contributed by atoms with E-state index in [0.29, 0.717) is 5.69 Å². The molecule has 0 aliphatic carbocycles. The molecule has 2 aromatic rings. The van der Waals surface area contributed by atoms with Gasteiger partial charge in [-0.05, 0) is 26.0 Å². The third-order valence-corrected chi connectivity index (χ3v) is 4.38. The van der Waals surface area contributed by atoms with E-state index < -0.39 is 5.82 Å². The highest BCUT2D eigenvalue weighted by Gasteiger charge is 2.22. The van der Waals surface area contributed by atoms with Crippen LogP contribution < -0.4 is 4.90 Å². The minimum Gasteiger partial charge on any atom is -0.368 e. The number of aromatic nitrogens is 1. The van der Waals surface area contributed by atoms with Crippen molar-refractivity contribution in [2.75, 3.05) is 31.1 Å². The van der Waals surface area contributed by atoms with Gasteiger partial charge in [0.1, 0.15) is 23.2 Å². The molecule has 6 heteroatoms. The molecule has 0 bridgehead atoms. The summed E-state index contributed by atoms with van der Waals surface area (Å²) in [6, 6.07) is 6.77. The molecule has 0 N–H and O–H groups in total. The number of benzene rings is 1. The Labute approximate surface area is 134 Å². The van der Waals surface area contributed by atoms with Crippen molar-refractivity contribution in [3.63, 3.8) is 0 Å². The average Bonchev–Trinajstić information content (AvgIpc) is 2.87. The predicted octanol–water partition coefficient (Wildman–Crippen LogP) is 2.62. The molecule has 1 aliphatic heterocycles. The summed E-state index contributed by atoms with van der Waals surface area (Å²) >= 11 is 0. The Bertz CT molecular complexity index is 722. The van der Waals surface area contributed by atoms with Crippen molar-refractivity contribution in [3.8, 4) is 6.07 Å². The van der Waals surface area contributed by atoms with Crippen LogP contribution in [0, 0.1) is 31.0 Å².